The van der Waals surface area contributed by atoms with E-state index in [4.69, 9.17) is 4.74 Å². The van der Waals surface area contributed by atoms with Gasteiger partial charge in [0.25, 0.3) is 0 Å². The van der Waals surface area contributed by atoms with Gasteiger partial charge in [-0.05, 0) is 27.7 Å². The summed E-state index contributed by atoms with van der Waals surface area (Å²) >= 11 is 0. The van der Waals surface area contributed by atoms with Gasteiger partial charge >= 0.3 is 6.09 Å². The summed E-state index contributed by atoms with van der Waals surface area (Å²) in [7, 11) is 1.61. The summed E-state index contributed by atoms with van der Waals surface area (Å²) in [5, 5.41) is 15.2. The number of hydrogen-bond donors (Lipinski definition) is 0. The molecule has 0 saturated carbocycles. The highest BCUT2D eigenvalue weighted by molar-refractivity contribution is 5.67. The average molecular weight is 239 g/mol. The quantitative estimate of drug-likeness (QED) is 0.764. The molecule has 17 heavy (non-hydrogen) atoms. The first-order chi connectivity index (χ1) is 7.78. The van der Waals surface area contributed by atoms with Crippen molar-refractivity contribution < 1.29 is 9.53 Å². The van der Waals surface area contributed by atoms with Crippen molar-refractivity contribution in [2.24, 2.45) is 0 Å². The van der Waals surface area contributed by atoms with Crippen molar-refractivity contribution >= 4 is 6.09 Å². The molecule has 0 bridgehead atoms. The van der Waals surface area contributed by atoms with Gasteiger partial charge in [-0.3, -0.25) is 0 Å². The lowest BCUT2D eigenvalue weighted by molar-refractivity contribution is 0.0280. The van der Waals surface area contributed by atoms with Gasteiger partial charge in [0.05, 0.1) is 6.54 Å². The summed E-state index contributed by atoms with van der Waals surface area (Å²) in [6.07, 6.45) is -0.429. The van der Waals surface area contributed by atoms with Crippen LogP contribution in [-0.4, -0.2) is 44.0 Å². The van der Waals surface area contributed by atoms with Crippen molar-refractivity contribution in [3.05, 3.63) is 11.6 Å². The van der Waals surface area contributed by atoms with E-state index in [9.17, 15) is 4.79 Å². The number of nitrogens with zero attached hydrogens (tertiary/aromatic N) is 5. The van der Waals surface area contributed by atoms with Crippen LogP contribution < -0.4 is 0 Å². The molecule has 0 spiro atoms. The van der Waals surface area contributed by atoms with E-state index in [1.165, 1.54) is 4.90 Å². The molecular weight excluding hydrogens is 222 g/mol. The van der Waals surface area contributed by atoms with Crippen LogP contribution in [0.15, 0.2) is 0 Å². The number of rotatable bonds is 2. The fourth-order valence-corrected chi connectivity index (χ4v) is 0.980. The minimum Gasteiger partial charge on any atom is -0.444 e. The molecule has 0 aliphatic rings. The molecule has 0 saturated heterocycles. The Morgan fingerprint density at radius 2 is 1.76 bits per heavy atom. The Labute approximate surface area is 100 Å². The van der Waals surface area contributed by atoms with Crippen LogP contribution in [0, 0.1) is 6.92 Å². The first kappa shape index (κ1) is 13.3. The molecule has 0 aliphatic carbocycles. The highest BCUT2D eigenvalue weighted by Crippen LogP contribution is 2.09. The zero-order valence-electron chi connectivity index (χ0n) is 10.8. The summed E-state index contributed by atoms with van der Waals surface area (Å²) in [5.74, 6) is 0.873. The molecule has 94 valence electrons. The number of aromatic nitrogens is 4. The van der Waals surface area contributed by atoms with E-state index >= 15 is 0 Å². The normalized spacial score (nSPS) is 11.1. The number of hydrogen-bond acceptors (Lipinski definition) is 6. The van der Waals surface area contributed by atoms with Crippen LogP contribution in [0.3, 0.4) is 0 Å². The number of amides is 1. The molecule has 0 fully saturated rings. The highest BCUT2D eigenvalue weighted by atomic mass is 16.6. The lowest BCUT2D eigenvalue weighted by Crippen LogP contribution is -2.34. The maximum Gasteiger partial charge on any atom is 0.410 e. The molecule has 1 rings (SSSR count). The topological polar surface area (TPSA) is 81.1 Å². The maximum absolute atomic E-state index is 11.6. The molecule has 1 aromatic rings. The Morgan fingerprint density at radius 3 is 2.24 bits per heavy atom. The maximum atomic E-state index is 11.6. The number of carbonyl (C=O) groups excluding carboxylic acids is 1. The van der Waals surface area contributed by atoms with Crippen LogP contribution in [0.1, 0.15) is 32.4 Å². The Balaban J connectivity index is 2.57. The Bertz CT molecular complexity index is 385. The van der Waals surface area contributed by atoms with Gasteiger partial charge in [0, 0.05) is 7.05 Å². The van der Waals surface area contributed by atoms with Crippen LogP contribution in [0.2, 0.25) is 0 Å². The summed E-state index contributed by atoms with van der Waals surface area (Å²) in [4.78, 5) is 13.0. The van der Waals surface area contributed by atoms with Gasteiger partial charge in [0.15, 0.2) is 11.6 Å². The van der Waals surface area contributed by atoms with Gasteiger partial charge in [-0.25, -0.2) is 4.79 Å². The summed E-state index contributed by atoms with van der Waals surface area (Å²) in [6.45, 7) is 7.34. The Kier molecular flexibility index (Phi) is 3.93. The van der Waals surface area contributed by atoms with Gasteiger partial charge in [0.1, 0.15) is 5.60 Å². The molecule has 0 aliphatic heterocycles. The Hall–Kier alpha value is -1.79. The van der Waals surface area contributed by atoms with Crippen LogP contribution in [0.25, 0.3) is 0 Å². The molecule has 7 heteroatoms. The number of carbonyl (C=O) groups is 1. The van der Waals surface area contributed by atoms with E-state index < -0.39 is 11.7 Å². The van der Waals surface area contributed by atoms with Gasteiger partial charge in [0.2, 0.25) is 0 Å². The van der Waals surface area contributed by atoms with E-state index in [0.717, 1.165) is 0 Å². The lowest BCUT2D eigenvalue weighted by Gasteiger charge is -2.23. The predicted molar refractivity (Wildman–Crippen MR) is 60.1 cm³/mol. The molecular formula is C10H17N5O2. The Morgan fingerprint density at radius 1 is 1.24 bits per heavy atom. The molecule has 7 nitrogen and oxygen atoms in total. The van der Waals surface area contributed by atoms with Gasteiger partial charge in [-0.2, -0.15) is 0 Å². The molecule has 1 aromatic heterocycles. The second-order valence-electron chi connectivity index (χ2n) is 4.70. The third-order valence-electron chi connectivity index (χ3n) is 1.70. The molecule has 0 atom stereocenters. The van der Waals surface area contributed by atoms with E-state index in [1.807, 2.05) is 20.8 Å². The van der Waals surface area contributed by atoms with Crippen LogP contribution in [0.5, 0.6) is 0 Å². The molecule has 0 radical (unpaired) electrons. The molecule has 1 amide bonds. The fraction of sp³-hybridized carbons (Fsp3) is 0.700. The predicted octanol–water partition coefficient (Wildman–Crippen LogP) is 0.942. The molecule has 0 unspecified atom stereocenters. The largest absolute Gasteiger partial charge is 0.444 e. The molecule has 1 heterocycles. The van der Waals surface area contributed by atoms with E-state index in [-0.39, 0.29) is 6.54 Å². The van der Waals surface area contributed by atoms with Crippen molar-refractivity contribution in [3.63, 3.8) is 0 Å². The minimum absolute atomic E-state index is 0.217. The van der Waals surface area contributed by atoms with Crippen LogP contribution >= 0.6 is 0 Å². The van der Waals surface area contributed by atoms with Gasteiger partial charge in [-0.15, -0.1) is 20.4 Å². The standard InChI is InChI=1S/C10H17N5O2/c1-7-11-13-8(14-12-7)6-15(5)9(16)17-10(2,3)4/h6H2,1-5H3. The van der Waals surface area contributed by atoms with Gasteiger partial charge < -0.3 is 9.64 Å². The van der Waals surface area contributed by atoms with Crippen molar-refractivity contribution in [1.82, 2.24) is 25.3 Å². The smallest absolute Gasteiger partial charge is 0.410 e. The van der Waals surface area contributed by atoms with E-state index in [2.05, 4.69) is 20.4 Å². The lowest BCUT2D eigenvalue weighted by atomic mass is 10.2. The summed E-state index contributed by atoms with van der Waals surface area (Å²) in [5.41, 5.74) is -0.518. The molecule has 0 N–H and O–H groups in total. The molecule has 0 aromatic carbocycles. The zero-order chi connectivity index (χ0) is 13.1. The second-order valence-corrected chi connectivity index (χ2v) is 4.70. The minimum atomic E-state index is -0.518. The first-order valence-electron chi connectivity index (χ1n) is 5.25. The number of aryl methyl sites for hydroxylation is 1. The third kappa shape index (κ3) is 4.71. The SMILES string of the molecule is Cc1nnc(CN(C)C(=O)OC(C)(C)C)nn1. The zero-order valence-corrected chi connectivity index (χ0v) is 10.8. The summed E-state index contributed by atoms with van der Waals surface area (Å²) < 4.78 is 5.19. The van der Waals surface area contributed by atoms with E-state index in [0.29, 0.717) is 11.6 Å². The highest BCUT2D eigenvalue weighted by Gasteiger charge is 2.20. The van der Waals surface area contributed by atoms with Crippen LogP contribution in [0.4, 0.5) is 4.79 Å². The second kappa shape index (κ2) is 5.03. The van der Waals surface area contributed by atoms with Crippen molar-refractivity contribution in [3.8, 4) is 0 Å². The van der Waals surface area contributed by atoms with Gasteiger partial charge in [-0.1, -0.05) is 0 Å². The monoisotopic (exact) mass is 239 g/mol. The van der Waals surface area contributed by atoms with E-state index in [1.54, 1.807) is 14.0 Å². The summed E-state index contributed by atoms with van der Waals surface area (Å²) in [6, 6.07) is 0. The third-order valence-corrected chi connectivity index (χ3v) is 1.70. The number of ether oxygens (including phenoxy) is 1. The fourth-order valence-electron chi connectivity index (χ4n) is 0.980. The van der Waals surface area contributed by atoms with Crippen molar-refractivity contribution in [2.75, 3.05) is 7.05 Å². The van der Waals surface area contributed by atoms with Crippen LogP contribution in [-0.2, 0) is 11.3 Å². The van der Waals surface area contributed by atoms with Crippen molar-refractivity contribution in [1.29, 1.82) is 0 Å². The van der Waals surface area contributed by atoms with Crippen molar-refractivity contribution in [2.45, 2.75) is 39.8 Å². The average Bonchev–Trinajstić information content (AvgIpc) is 2.19. The first-order valence-corrected chi connectivity index (χ1v) is 5.25.